The van der Waals surface area contributed by atoms with Crippen molar-refractivity contribution in [3.63, 3.8) is 0 Å². The molecule has 0 radical (unpaired) electrons. The molecule has 0 aromatic carbocycles. The molecular weight excluding hydrogens is 262 g/mol. The number of aromatic nitrogens is 2. The largest absolute Gasteiger partial charge is 0.383 e. The van der Waals surface area contributed by atoms with Crippen LogP contribution in [0.2, 0.25) is 0 Å². The molecule has 1 amide bonds. The van der Waals surface area contributed by atoms with Gasteiger partial charge in [0.1, 0.15) is 9.88 Å². The van der Waals surface area contributed by atoms with E-state index in [2.05, 4.69) is 15.3 Å². The minimum atomic E-state index is -0.104. The Bertz CT molecular complexity index is 554. The quantitative estimate of drug-likeness (QED) is 0.848. The summed E-state index contributed by atoms with van der Waals surface area (Å²) in [5.74, 6) is -0.104. The van der Waals surface area contributed by atoms with Gasteiger partial charge in [-0.25, -0.2) is 4.98 Å². The zero-order chi connectivity index (χ0) is 13.7. The fraction of sp³-hybridized carbons (Fsp3) is 0.308. The molecule has 2 aromatic rings. The van der Waals surface area contributed by atoms with Gasteiger partial charge in [0.2, 0.25) is 0 Å². The standard InChI is InChI=1S/C13H15N3O2S/c1-9-11(12(17)15-7-8-18-2)19-13(16-9)10-3-5-14-6-4-10/h3-6H,7-8H2,1-2H3,(H,15,17). The Balaban J connectivity index is 2.15. The number of hydrogen-bond acceptors (Lipinski definition) is 5. The van der Waals surface area contributed by atoms with E-state index in [0.29, 0.717) is 18.0 Å². The normalized spacial score (nSPS) is 10.4. The van der Waals surface area contributed by atoms with E-state index >= 15 is 0 Å². The number of pyridine rings is 1. The maximum Gasteiger partial charge on any atom is 0.263 e. The summed E-state index contributed by atoms with van der Waals surface area (Å²) in [7, 11) is 1.60. The van der Waals surface area contributed by atoms with Gasteiger partial charge in [-0.05, 0) is 19.1 Å². The average molecular weight is 277 g/mol. The van der Waals surface area contributed by atoms with Crippen LogP contribution < -0.4 is 5.32 Å². The number of carbonyl (C=O) groups is 1. The van der Waals surface area contributed by atoms with Gasteiger partial charge >= 0.3 is 0 Å². The minimum Gasteiger partial charge on any atom is -0.383 e. The highest BCUT2D eigenvalue weighted by Crippen LogP contribution is 2.27. The van der Waals surface area contributed by atoms with Gasteiger partial charge in [-0.2, -0.15) is 0 Å². The van der Waals surface area contributed by atoms with Crippen molar-refractivity contribution in [2.45, 2.75) is 6.92 Å². The van der Waals surface area contributed by atoms with Crippen LogP contribution in [0.3, 0.4) is 0 Å². The first-order chi connectivity index (χ1) is 9.22. The zero-order valence-electron chi connectivity index (χ0n) is 10.8. The van der Waals surface area contributed by atoms with Crippen molar-refractivity contribution in [2.75, 3.05) is 20.3 Å². The molecule has 0 atom stereocenters. The Morgan fingerprint density at radius 2 is 2.16 bits per heavy atom. The van der Waals surface area contributed by atoms with E-state index in [9.17, 15) is 4.79 Å². The summed E-state index contributed by atoms with van der Waals surface area (Å²) in [6.45, 7) is 2.84. The molecule has 0 unspecified atom stereocenters. The number of carbonyl (C=O) groups excluding carboxylic acids is 1. The minimum absolute atomic E-state index is 0.104. The number of ether oxygens (including phenoxy) is 1. The van der Waals surface area contributed by atoms with Gasteiger partial charge in [-0.1, -0.05) is 0 Å². The van der Waals surface area contributed by atoms with Gasteiger partial charge in [0.25, 0.3) is 5.91 Å². The number of thiazole rings is 1. The number of methoxy groups -OCH3 is 1. The summed E-state index contributed by atoms with van der Waals surface area (Å²) in [5, 5.41) is 3.63. The van der Waals surface area contributed by atoms with Crippen molar-refractivity contribution in [1.29, 1.82) is 0 Å². The molecule has 0 aliphatic rings. The number of amides is 1. The molecule has 0 aliphatic carbocycles. The third-order valence-electron chi connectivity index (χ3n) is 2.52. The lowest BCUT2D eigenvalue weighted by molar-refractivity contribution is 0.0940. The van der Waals surface area contributed by atoms with Crippen LogP contribution in [0.5, 0.6) is 0 Å². The van der Waals surface area contributed by atoms with Crippen LogP contribution in [-0.2, 0) is 4.74 Å². The van der Waals surface area contributed by atoms with Crippen molar-refractivity contribution in [1.82, 2.24) is 15.3 Å². The van der Waals surface area contributed by atoms with E-state index in [0.717, 1.165) is 16.3 Å². The fourth-order valence-electron chi connectivity index (χ4n) is 1.57. The number of rotatable bonds is 5. The maximum absolute atomic E-state index is 12.0. The van der Waals surface area contributed by atoms with Crippen LogP contribution in [0, 0.1) is 6.92 Å². The molecule has 5 nitrogen and oxygen atoms in total. The first-order valence-corrected chi connectivity index (χ1v) is 6.69. The highest BCUT2D eigenvalue weighted by Gasteiger charge is 2.15. The van der Waals surface area contributed by atoms with Crippen LogP contribution in [0.4, 0.5) is 0 Å². The van der Waals surface area contributed by atoms with Crippen molar-refractivity contribution in [3.05, 3.63) is 35.1 Å². The molecule has 1 N–H and O–H groups in total. The lowest BCUT2D eigenvalue weighted by atomic mass is 10.3. The fourth-order valence-corrected chi connectivity index (χ4v) is 2.56. The van der Waals surface area contributed by atoms with Crippen LogP contribution in [0.15, 0.2) is 24.5 Å². The molecule has 0 bridgehead atoms. The number of aryl methyl sites for hydroxylation is 1. The molecule has 0 aliphatic heterocycles. The van der Waals surface area contributed by atoms with Gasteiger partial charge < -0.3 is 10.1 Å². The predicted octanol–water partition coefficient (Wildman–Crippen LogP) is 1.89. The predicted molar refractivity (Wildman–Crippen MR) is 74.3 cm³/mol. The Morgan fingerprint density at radius 1 is 1.42 bits per heavy atom. The first kappa shape index (κ1) is 13.6. The second kappa shape index (κ2) is 6.40. The van der Waals surface area contributed by atoms with Crippen molar-refractivity contribution >= 4 is 17.2 Å². The Labute approximate surface area is 115 Å². The molecule has 2 rings (SSSR count). The van der Waals surface area contributed by atoms with E-state index in [-0.39, 0.29) is 5.91 Å². The van der Waals surface area contributed by atoms with Gasteiger partial charge in [0.05, 0.1) is 12.3 Å². The van der Waals surface area contributed by atoms with Crippen molar-refractivity contribution in [3.8, 4) is 10.6 Å². The SMILES string of the molecule is COCCNC(=O)c1sc(-c2ccncc2)nc1C. The summed E-state index contributed by atoms with van der Waals surface area (Å²) in [6, 6.07) is 3.76. The average Bonchev–Trinajstić information content (AvgIpc) is 2.82. The van der Waals surface area contributed by atoms with Crippen LogP contribution >= 0.6 is 11.3 Å². The second-order valence-electron chi connectivity index (χ2n) is 3.92. The van der Waals surface area contributed by atoms with E-state index in [1.807, 2.05) is 19.1 Å². The summed E-state index contributed by atoms with van der Waals surface area (Å²) < 4.78 is 4.90. The molecule has 0 saturated heterocycles. The third kappa shape index (κ3) is 3.36. The Hall–Kier alpha value is -1.79. The molecule has 6 heteroatoms. The molecule has 0 fully saturated rings. The van der Waals surface area contributed by atoms with E-state index in [4.69, 9.17) is 4.74 Å². The monoisotopic (exact) mass is 277 g/mol. The van der Waals surface area contributed by atoms with Crippen LogP contribution in [0.1, 0.15) is 15.4 Å². The smallest absolute Gasteiger partial charge is 0.263 e. The van der Waals surface area contributed by atoms with E-state index in [1.54, 1.807) is 19.5 Å². The van der Waals surface area contributed by atoms with Crippen molar-refractivity contribution < 1.29 is 9.53 Å². The zero-order valence-corrected chi connectivity index (χ0v) is 11.7. The first-order valence-electron chi connectivity index (χ1n) is 5.87. The third-order valence-corrected chi connectivity index (χ3v) is 3.73. The Morgan fingerprint density at radius 3 is 2.84 bits per heavy atom. The maximum atomic E-state index is 12.0. The number of nitrogens with zero attached hydrogens (tertiary/aromatic N) is 2. The lowest BCUT2D eigenvalue weighted by Crippen LogP contribution is -2.26. The highest BCUT2D eigenvalue weighted by molar-refractivity contribution is 7.17. The molecule has 19 heavy (non-hydrogen) atoms. The molecule has 2 heterocycles. The Kier molecular flexibility index (Phi) is 4.59. The highest BCUT2D eigenvalue weighted by atomic mass is 32.1. The summed E-state index contributed by atoms with van der Waals surface area (Å²) >= 11 is 1.39. The number of nitrogens with one attached hydrogen (secondary N) is 1. The summed E-state index contributed by atoms with van der Waals surface area (Å²) in [4.78, 5) is 21.0. The van der Waals surface area contributed by atoms with Crippen LogP contribution in [0.25, 0.3) is 10.6 Å². The second-order valence-corrected chi connectivity index (χ2v) is 4.92. The van der Waals surface area contributed by atoms with Crippen molar-refractivity contribution in [2.24, 2.45) is 0 Å². The van der Waals surface area contributed by atoms with Gasteiger partial charge in [-0.15, -0.1) is 11.3 Å². The van der Waals surface area contributed by atoms with Gasteiger partial charge in [0, 0.05) is 31.6 Å². The van der Waals surface area contributed by atoms with Crippen LogP contribution in [-0.4, -0.2) is 36.1 Å². The summed E-state index contributed by atoms with van der Waals surface area (Å²) in [5.41, 5.74) is 1.71. The topological polar surface area (TPSA) is 64.1 Å². The van der Waals surface area contributed by atoms with Gasteiger partial charge in [-0.3, -0.25) is 9.78 Å². The lowest BCUT2D eigenvalue weighted by Gasteiger charge is -2.02. The molecule has 2 aromatic heterocycles. The molecule has 100 valence electrons. The summed E-state index contributed by atoms with van der Waals surface area (Å²) in [6.07, 6.45) is 3.43. The number of hydrogen-bond donors (Lipinski definition) is 1. The van der Waals surface area contributed by atoms with E-state index < -0.39 is 0 Å². The molecule has 0 saturated carbocycles. The van der Waals surface area contributed by atoms with Gasteiger partial charge in [0.15, 0.2) is 0 Å². The molecular formula is C13H15N3O2S. The van der Waals surface area contributed by atoms with E-state index in [1.165, 1.54) is 11.3 Å². The molecule has 0 spiro atoms.